The summed E-state index contributed by atoms with van der Waals surface area (Å²) < 4.78 is 1.73. The van der Waals surface area contributed by atoms with Gasteiger partial charge in [0.15, 0.2) is 0 Å². The smallest absolute Gasteiger partial charge is 0.255 e. The van der Waals surface area contributed by atoms with Gasteiger partial charge in [0, 0.05) is 17.0 Å². The van der Waals surface area contributed by atoms with Gasteiger partial charge in [-0.15, -0.1) is 0 Å². The van der Waals surface area contributed by atoms with Gasteiger partial charge in [0.25, 0.3) is 5.91 Å². The van der Waals surface area contributed by atoms with Crippen molar-refractivity contribution in [2.75, 3.05) is 11.1 Å². The number of hydrogen-bond acceptors (Lipinski definition) is 4. The van der Waals surface area contributed by atoms with Gasteiger partial charge >= 0.3 is 0 Å². The van der Waals surface area contributed by atoms with Crippen molar-refractivity contribution in [1.82, 2.24) is 14.8 Å². The molecule has 0 unspecified atom stereocenters. The Kier molecular flexibility index (Phi) is 5.85. The standard InChI is InChI=1S/C19H20N4OS/c1-2-25-12-15-7-9-16(10-8-15)19(24)22-18-6-4-3-5-17(18)11-23-14-20-13-21-23/h3-10,13-14H,2,11-12H2,1H3,(H,22,24). The van der Waals surface area contributed by atoms with Crippen molar-refractivity contribution in [3.63, 3.8) is 0 Å². The van der Waals surface area contributed by atoms with Gasteiger partial charge in [0.05, 0.1) is 6.54 Å². The average molecular weight is 352 g/mol. The van der Waals surface area contributed by atoms with Crippen molar-refractivity contribution in [3.05, 3.63) is 77.9 Å². The molecule has 0 aliphatic heterocycles. The molecule has 0 saturated carbocycles. The molecule has 0 saturated heterocycles. The van der Waals surface area contributed by atoms with Gasteiger partial charge < -0.3 is 5.32 Å². The SMILES string of the molecule is CCSCc1ccc(C(=O)Nc2ccccc2Cn2cncn2)cc1. The van der Waals surface area contributed by atoms with Gasteiger partial charge in [-0.3, -0.25) is 4.79 Å². The first-order valence-electron chi connectivity index (χ1n) is 8.14. The topological polar surface area (TPSA) is 59.8 Å². The van der Waals surface area contributed by atoms with E-state index in [-0.39, 0.29) is 5.91 Å². The van der Waals surface area contributed by atoms with Crippen LogP contribution in [0.4, 0.5) is 5.69 Å². The number of benzene rings is 2. The zero-order valence-electron chi connectivity index (χ0n) is 14.1. The minimum Gasteiger partial charge on any atom is -0.322 e. The minimum absolute atomic E-state index is 0.110. The Balaban J connectivity index is 1.70. The fourth-order valence-corrected chi connectivity index (χ4v) is 3.07. The molecule has 0 aliphatic rings. The van der Waals surface area contributed by atoms with E-state index in [4.69, 9.17) is 0 Å². The molecule has 3 rings (SSSR count). The minimum atomic E-state index is -0.110. The largest absolute Gasteiger partial charge is 0.322 e. The number of anilines is 1. The van der Waals surface area contributed by atoms with Crippen LogP contribution in [0, 0.1) is 0 Å². The second kappa shape index (κ2) is 8.48. The maximum Gasteiger partial charge on any atom is 0.255 e. The van der Waals surface area contributed by atoms with Gasteiger partial charge in [-0.05, 0) is 35.1 Å². The van der Waals surface area contributed by atoms with Crippen LogP contribution >= 0.6 is 11.8 Å². The van der Waals surface area contributed by atoms with Gasteiger partial charge in [0.2, 0.25) is 0 Å². The number of para-hydroxylation sites is 1. The molecule has 1 amide bonds. The summed E-state index contributed by atoms with van der Waals surface area (Å²) in [7, 11) is 0. The monoisotopic (exact) mass is 352 g/mol. The summed E-state index contributed by atoms with van der Waals surface area (Å²) in [5.74, 6) is 1.95. The highest BCUT2D eigenvalue weighted by Crippen LogP contribution is 2.18. The van der Waals surface area contributed by atoms with Gasteiger partial charge in [0.1, 0.15) is 12.7 Å². The zero-order valence-corrected chi connectivity index (χ0v) is 14.9. The Labute approximate surface area is 151 Å². The number of carbonyl (C=O) groups is 1. The molecule has 0 fully saturated rings. The van der Waals surface area contributed by atoms with E-state index < -0.39 is 0 Å². The maximum absolute atomic E-state index is 12.5. The van der Waals surface area contributed by atoms with E-state index in [1.807, 2.05) is 60.3 Å². The third-order valence-corrected chi connectivity index (χ3v) is 4.70. The van der Waals surface area contributed by atoms with Crippen LogP contribution in [0.5, 0.6) is 0 Å². The van der Waals surface area contributed by atoms with Crippen LogP contribution in [-0.2, 0) is 12.3 Å². The molecule has 6 heteroatoms. The average Bonchev–Trinajstić information content (AvgIpc) is 3.15. The first-order chi connectivity index (χ1) is 12.3. The maximum atomic E-state index is 12.5. The van der Waals surface area contributed by atoms with Gasteiger partial charge in [-0.1, -0.05) is 37.3 Å². The van der Waals surface area contributed by atoms with E-state index >= 15 is 0 Å². The van der Waals surface area contributed by atoms with Crippen LogP contribution in [0.3, 0.4) is 0 Å². The molecule has 1 N–H and O–H groups in total. The molecule has 0 aliphatic carbocycles. The number of rotatable bonds is 7. The number of carbonyl (C=O) groups excluding carboxylic acids is 1. The first-order valence-corrected chi connectivity index (χ1v) is 9.30. The fraction of sp³-hybridized carbons (Fsp3) is 0.211. The number of thioether (sulfide) groups is 1. The van der Waals surface area contributed by atoms with Gasteiger partial charge in [-0.2, -0.15) is 16.9 Å². The van der Waals surface area contributed by atoms with Crippen molar-refractivity contribution in [2.24, 2.45) is 0 Å². The molecule has 1 aromatic heterocycles. The number of hydrogen-bond donors (Lipinski definition) is 1. The number of nitrogens with zero attached hydrogens (tertiary/aromatic N) is 3. The van der Waals surface area contributed by atoms with Crippen molar-refractivity contribution < 1.29 is 4.79 Å². The van der Waals surface area contributed by atoms with Crippen LogP contribution in [0.25, 0.3) is 0 Å². The predicted molar refractivity (Wildman–Crippen MR) is 102 cm³/mol. The first kappa shape index (κ1) is 17.2. The lowest BCUT2D eigenvalue weighted by Gasteiger charge is -2.11. The Bertz CT molecular complexity index is 816. The molecule has 0 bridgehead atoms. The molecular weight excluding hydrogens is 332 g/mol. The molecule has 128 valence electrons. The van der Waals surface area contributed by atoms with Crippen LogP contribution < -0.4 is 5.32 Å². The second-order valence-electron chi connectivity index (χ2n) is 5.54. The zero-order chi connectivity index (χ0) is 17.5. The lowest BCUT2D eigenvalue weighted by molar-refractivity contribution is 0.102. The van der Waals surface area contributed by atoms with E-state index in [9.17, 15) is 4.79 Å². The van der Waals surface area contributed by atoms with E-state index in [0.717, 1.165) is 22.8 Å². The molecular formula is C19H20N4OS. The molecule has 0 atom stereocenters. The van der Waals surface area contributed by atoms with Crippen LogP contribution in [0.2, 0.25) is 0 Å². The number of nitrogens with one attached hydrogen (secondary N) is 1. The third kappa shape index (κ3) is 4.70. The summed E-state index contributed by atoms with van der Waals surface area (Å²) in [5, 5.41) is 7.11. The quantitative estimate of drug-likeness (QED) is 0.702. The summed E-state index contributed by atoms with van der Waals surface area (Å²) in [6.07, 6.45) is 3.16. The Hall–Kier alpha value is -2.60. The van der Waals surface area contributed by atoms with E-state index in [0.29, 0.717) is 12.1 Å². The van der Waals surface area contributed by atoms with Crippen molar-refractivity contribution in [1.29, 1.82) is 0 Å². The predicted octanol–water partition coefficient (Wildman–Crippen LogP) is 3.83. The number of amides is 1. The molecule has 0 radical (unpaired) electrons. The highest BCUT2D eigenvalue weighted by molar-refractivity contribution is 7.98. The summed E-state index contributed by atoms with van der Waals surface area (Å²) in [6, 6.07) is 15.5. The third-order valence-electron chi connectivity index (χ3n) is 3.75. The second-order valence-corrected chi connectivity index (χ2v) is 6.81. The van der Waals surface area contributed by atoms with Crippen LogP contribution in [-0.4, -0.2) is 26.4 Å². The number of aromatic nitrogens is 3. The van der Waals surface area contributed by atoms with Crippen molar-refractivity contribution >= 4 is 23.4 Å². The van der Waals surface area contributed by atoms with Crippen molar-refractivity contribution in [2.45, 2.75) is 19.2 Å². The lowest BCUT2D eigenvalue weighted by Crippen LogP contribution is -2.14. The Morgan fingerprint density at radius 3 is 2.68 bits per heavy atom. The summed E-state index contributed by atoms with van der Waals surface area (Å²) in [5.41, 5.74) is 3.65. The molecule has 0 spiro atoms. The van der Waals surface area contributed by atoms with E-state index in [1.165, 1.54) is 11.9 Å². The molecule has 3 aromatic rings. The summed E-state index contributed by atoms with van der Waals surface area (Å²) >= 11 is 1.87. The Morgan fingerprint density at radius 1 is 1.16 bits per heavy atom. The van der Waals surface area contributed by atoms with Crippen LogP contribution in [0.1, 0.15) is 28.4 Å². The summed E-state index contributed by atoms with van der Waals surface area (Å²) in [6.45, 7) is 2.70. The fourth-order valence-electron chi connectivity index (χ4n) is 2.44. The lowest BCUT2D eigenvalue weighted by atomic mass is 10.1. The van der Waals surface area contributed by atoms with Gasteiger partial charge in [-0.25, -0.2) is 9.67 Å². The summed E-state index contributed by atoms with van der Waals surface area (Å²) in [4.78, 5) is 16.5. The molecule has 5 nitrogen and oxygen atoms in total. The highest BCUT2D eigenvalue weighted by Gasteiger charge is 2.09. The highest BCUT2D eigenvalue weighted by atomic mass is 32.2. The molecule has 2 aromatic carbocycles. The Morgan fingerprint density at radius 2 is 1.96 bits per heavy atom. The van der Waals surface area contributed by atoms with Crippen LogP contribution in [0.15, 0.2) is 61.2 Å². The normalized spacial score (nSPS) is 10.6. The molecule has 25 heavy (non-hydrogen) atoms. The van der Waals surface area contributed by atoms with E-state index in [2.05, 4.69) is 22.3 Å². The molecule has 1 heterocycles. The van der Waals surface area contributed by atoms with E-state index in [1.54, 1.807) is 11.0 Å². The van der Waals surface area contributed by atoms with Crippen molar-refractivity contribution in [3.8, 4) is 0 Å².